The summed E-state index contributed by atoms with van der Waals surface area (Å²) in [6, 6.07) is 8.89. The highest BCUT2D eigenvalue weighted by atomic mass is 35.5. The van der Waals surface area contributed by atoms with Crippen molar-refractivity contribution in [3.8, 4) is 0 Å². The van der Waals surface area contributed by atoms with Crippen molar-refractivity contribution >= 4 is 38.9 Å². The van der Waals surface area contributed by atoms with Crippen LogP contribution in [0.15, 0.2) is 36.4 Å². The fourth-order valence-electron chi connectivity index (χ4n) is 2.83. The van der Waals surface area contributed by atoms with Gasteiger partial charge in [0.25, 0.3) is 5.91 Å². The van der Waals surface area contributed by atoms with E-state index >= 15 is 0 Å². The molecule has 2 aromatic rings. The Hall–Kier alpha value is -2.12. The average Bonchev–Trinajstić information content (AvgIpc) is 2.86. The number of anilines is 2. The number of nitrogens with zero attached hydrogens (tertiary/aromatic N) is 1. The monoisotopic (exact) mass is 382 g/mol. The molecule has 132 valence electrons. The van der Waals surface area contributed by atoms with Gasteiger partial charge in [0.05, 0.1) is 22.0 Å². The highest BCUT2D eigenvalue weighted by Crippen LogP contribution is 2.30. The van der Waals surface area contributed by atoms with Gasteiger partial charge in [-0.2, -0.15) is 0 Å². The molecule has 2 aromatic carbocycles. The van der Waals surface area contributed by atoms with Gasteiger partial charge in [0.1, 0.15) is 5.82 Å². The molecule has 0 atom stereocenters. The highest BCUT2D eigenvalue weighted by Gasteiger charge is 2.29. The van der Waals surface area contributed by atoms with Crippen LogP contribution in [-0.4, -0.2) is 26.6 Å². The molecule has 8 heteroatoms. The summed E-state index contributed by atoms with van der Waals surface area (Å²) in [5.74, 6) is -1.23. The smallest absolute Gasteiger partial charge is 0.260 e. The summed E-state index contributed by atoms with van der Waals surface area (Å²) in [4.78, 5) is 12.3. The molecule has 0 spiro atoms. The van der Waals surface area contributed by atoms with Crippen molar-refractivity contribution in [2.75, 3.05) is 21.9 Å². The normalized spacial score (nSPS) is 16.0. The van der Waals surface area contributed by atoms with Crippen LogP contribution in [0.3, 0.4) is 0 Å². The van der Waals surface area contributed by atoms with Gasteiger partial charge in [-0.05, 0) is 49.2 Å². The van der Waals surface area contributed by atoms with E-state index in [0.29, 0.717) is 29.9 Å². The quantitative estimate of drug-likeness (QED) is 0.882. The van der Waals surface area contributed by atoms with Gasteiger partial charge in [0.2, 0.25) is 10.0 Å². The van der Waals surface area contributed by atoms with Crippen molar-refractivity contribution < 1.29 is 17.6 Å². The SMILES string of the molecule is Cc1cc(NC(=O)c2c(F)cccc2Cl)ccc1N1CCCS1(=O)=O. The zero-order chi connectivity index (χ0) is 18.2. The van der Waals surface area contributed by atoms with E-state index in [2.05, 4.69) is 5.32 Å². The van der Waals surface area contributed by atoms with Crippen LogP contribution in [-0.2, 0) is 10.0 Å². The van der Waals surface area contributed by atoms with Gasteiger partial charge in [-0.25, -0.2) is 12.8 Å². The van der Waals surface area contributed by atoms with Gasteiger partial charge in [-0.15, -0.1) is 0 Å². The van der Waals surface area contributed by atoms with Crippen molar-refractivity contribution in [1.82, 2.24) is 0 Å². The highest BCUT2D eigenvalue weighted by molar-refractivity contribution is 7.93. The van der Waals surface area contributed by atoms with E-state index in [1.807, 2.05) is 0 Å². The number of nitrogens with one attached hydrogen (secondary N) is 1. The number of carbonyl (C=O) groups is 1. The van der Waals surface area contributed by atoms with Crippen molar-refractivity contribution in [3.05, 3.63) is 58.4 Å². The van der Waals surface area contributed by atoms with Crippen LogP contribution >= 0.6 is 11.6 Å². The minimum Gasteiger partial charge on any atom is -0.322 e. The lowest BCUT2D eigenvalue weighted by Gasteiger charge is -2.20. The van der Waals surface area contributed by atoms with Crippen molar-refractivity contribution in [2.45, 2.75) is 13.3 Å². The summed E-state index contributed by atoms with van der Waals surface area (Å²) in [6.07, 6.45) is 0.589. The zero-order valence-corrected chi connectivity index (χ0v) is 15.0. The Morgan fingerprint density at radius 2 is 2.04 bits per heavy atom. The number of amides is 1. The summed E-state index contributed by atoms with van der Waals surface area (Å²) in [7, 11) is -3.27. The lowest BCUT2D eigenvalue weighted by atomic mass is 10.1. The number of halogens is 2. The maximum absolute atomic E-state index is 13.8. The maximum Gasteiger partial charge on any atom is 0.260 e. The van der Waals surface area contributed by atoms with Gasteiger partial charge in [-0.1, -0.05) is 17.7 Å². The molecule has 0 aliphatic carbocycles. The molecule has 1 heterocycles. The molecule has 1 saturated heterocycles. The Morgan fingerprint density at radius 3 is 2.64 bits per heavy atom. The number of aryl methyl sites for hydroxylation is 1. The molecule has 0 saturated carbocycles. The minimum atomic E-state index is -3.27. The van der Waals surface area contributed by atoms with Gasteiger partial charge < -0.3 is 5.32 Å². The lowest BCUT2D eigenvalue weighted by Crippen LogP contribution is -2.25. The van der Waals surface area contributed by atoms with E-state index in [4.69, 9.17) is 11.6 Å². The molecule has 5 nitrogen and oxygen atoms in total. The number of hydrogen-bond acceptors (Lipinski definition) is 3. The molecule has 0 radical (unpaired) electrons. The minimum absolute atomic E-state index is 0.0222. The van der Waals surface area contributed by atoms with Crippen LogP contribution in [0, 0.1) is 12.7 Å². The van der Waals surface area contributed by atoms with Crippen LogP contribution in [0.25, 0.3) is 0 Å². The number of benzene rings is 2. The molecule has 0 unspecified atom stereocenters. The molecule has 1 aliphatic rings. The maximum atomic E-state index is 13.8. The van der Waals surface area contributed by atoms with Crippen molar-refractivity contribution in [3.63, 3.8) is 0 Å². The van der Waals surface area contributed by atoms with Gasteiger partial charge in [-0.3, -0.25) is 9.10 Å². The van der Waals surface area contributed by atoms with Crippen LogP contribution in [0.1, 0.15) is 22.3 Å². The number of carbonyl (C=O) groups excluding carboxylic acids is 1. The Labute approximate surface area is 150 Å². The fourth-order valence-corrected chi connectivity index (χ4v) is 4.71. The summed E-state index contributed by atoms with van der Waals surface area (Å²) in [5.41, 5.74) is 1.48. The van der Waals surface area contributed by atoms with E-state index in [1.165, 1.54) is 16.4 Å². The van der Waals surface area contributed by atoms with Crippen LogP contribution in [0.2, 0.25) is 5.02 Å². The third kappa shape index (κ3) is 3.48. The summed E-state index contributed by atoms with van der Waals surface area (Å²) < 4.78 is 39.3. The molecule has 0 bridgehead atoms. The molecular weight excluding hydrogens is 367 g/mol. The van der Waals surface area contributed by atoms with E-state index in [9.17, 15) is 17.6 Å². The molecule has 25 heavy (non-hydrogen) atoms. The second-order valence-corrected chi connectivity index (χ2v) is 8.21. The second-order valence-electron chi connectivity index (χ2n) is 5.79. The molecular formula is C17H16ClFN2O3S. The first kappa shape index (κ1) is 17.7. The largest absolute Gasteiger partial charge is 0.322 e. The standard InChI is InChI=1S/C17H16ClFN2O3S/c1-11-10-12(6-7-15(11)21-8-3-9-25(21,23)24)20-17(22)16-13(18)4-2-5-14(16)19/h2,4-7,10H,3,8-9H2,1H3,(H,20,22). The van der Waals surface area contributed by atoms with Crippen LogP contribution in [0.4, 0.5) is 15.8 Å². The summed E-state index contributed by atoms with van der Waals surface area (Å²) in [6.45, 7) is 2.20. The first-order chi connectivity index (χ1) is 11.8. The third-order valence-electron chi connectivity index (χ3n) is 4.01. The average molecular weight is 383 g/mol. The molecule has 1 N–H and O–H groups in total. The second kappa shape index (κ2) is 6.65. The van der Waals surface area contributed by atoms with Crippen LogP contribution < -0.4 is 9.62 Å². The summed E-state index contributed by atoms with van der Waals surface area (Å²) >= 11 is 5.89. The third-order valence-corrected chi connectivity index (χ3v) is 6.18. The molecule has 1 amide bonds. The van der Waals surface area contributed by atoms with Crippen molar-refractivity contribution in [2.24, 2.45) is 0 Å². The fraction of sp³-hybridized carbons (Fsp3) is 0.235. The number of sulfonamides is 1. The zero-order valence-electron chi connectivity index (χ0n) is 13.4. The van der Waals surface area contributed by atoms with Crippen molar-refractivity contribution in [1.29, 1.82) is 0 Å². The topological polar surface area (TPSA) is 66.5 Å². The molecule has 1 fully saturated rings. The van der Waals surface area contributed by atoms with E-state index in [0.717, 1.165) is 6.07 Å². The Bertz CT molecular complexity index is 927. The summed E-state index contributed by atoms with van der Waals surface area (Å²) in [5, 5.41) is 2.61. The predicted octanol–water partition coefficient (Wildman–Crippen LogP) is 3.58. The first-order valence-corrected chi connectivity index (χ1v) is 9.65. The predicted molar refractivity (Wildman–Crippen MR) is 96.3 cm³/mol. The van der Waals surface area contributed by atoms with E-state index in [-0.39, 0.29) is 16.3 Å². The van der Waals surface area contributed by atoms with Gasteiger partial charge in [0.15, 0.2) is 0 Å². The Morgan fingerprint density at radius 1 is 1.28 bits per heavy atom. The molecule has 0 aromatic heterocycles. The first-order valence-electron chi connectivity index (χ1n) is 7.66. The Balaban J connectivity index is 1.85. The molecule has 1 aliphatic heterocycles. The van der Waals surface area contributed by atoms with Crippen LogP contribution in [0.5, 0.6) is 0 Å². The lowest BCUT2D eigenvalue weighted by molar-refractivity contribution is 0.102. The van der Waals surface area contributed by atoms with E-state index in [1.54, 1.807) is 25.1 Å². The number of hydrogen-bond donors (Lipinski definition) is 1. The molecule has 3 rings (SSSR count). The van der Waals surface area contributed by atoms with E-state index < -0.39 is 21.7 Å². The number of rotatable bonds is 3. The Kier molecular flexibility index (Phi) is 4.71. The van der Waals surface area contributed by atoms with Gasteiger partial charge >= 0.3 is 0 Å². The van der Waals surface area contributed by atoms with Gasteiger partial charge in [0, 0.05) is 12.2 Å².